The van der Waals surface area contributed by atoms with Crippen molar-refractivity contribution in [1.29, 1.82) is 0 Å². The van der Waals surface area contributed by atoms with Gasteiger partial charge in [-0.25, -0.2) is 8.78 Å². The van der Waals surface area contributed by atoms with Crippen molar-refractivity contribution in [2.45, 2.75) is 51.6 Å². The zero-order valence-electron chi connectivity index (χ0n) is 13.4. The van der Waals surface area contributed by atoms with Crippen molar-refractivity contribution in [3.63, 3.8) is 0 Å². The summed E-state index contributed by atoms with van der Waals surface area (Å²) in [4.78, 5) is 12.0. The van der Waals surface area contributed by atoms with Crippen molar-refractivity contribution in [2.24, 2.45) is 0 Å². The van der Waals surface area contributed by atoms with Crippen LogP contribution in [0.5, 0.6) is 0 Å². The molecule has 2 aromatic rings. The largest absolute Gasteiger partial charge is 0.349 e. The summed E-state index contributed by atoms with van der Waals surface area (Å²) < 4.78 is 28.1. The van der Waals surface area contributed by atoms with E-state index in [1.807, 2.05) is 0 Å². The molecule has 1 aliphatic heterocycles. The fourth-order valence-electron chi connectivity index (χ4n) is 2.90. The van der Waals surface area contributed by atoms with E-state index in [4.69, 9.17) is 0 Å². The molecule has 0 atom stereocenters. The molecule has 0 aliphatic carbocycles. The Morgan fingerprint density at radius 2 is 2.04 bits per heavy atom. The van der Waals surface area contributed by atoms with E-state index >= 15 is 0 Å². The Bertz CT molecular complexity index is 729. The van der Waals surface area contributed by atoms with Gasteiger partial charge in [-0.2, -0.15) is 0 Å². The molecule has 0 spiro atoms. The molecule has 0 saturated carbocycles. The number of aromatic nitrogens is 3. The molecule has 128 valence electrons. The summed E-state index contributed by atoms with van der Waals surface area (Å²) in [7, 11) is 0. The lowest BCUT2D eigenvalue weighted by molar-refractivity contribution is -0.121. The first-order valence-electron chi connectivity index (χ1n) is 8.25. The Labute approximate surface area is 139 Å². The minimum Gasteiger partial charge on any atom is -0.349 e. The molecule has 0 saturated heterocycles. The first-order chi connectivity index (χ1) is 11.6. The summed E-state index contributed by atoms with van der Waals surface area (Å²) in [5.41, 5.74) is 0.598. The molecule has 0 unspecified atom stereocenters. The van der Waals surface area contributed by atoms with E-state index in [9.17, 15) is 13.6 Å². The molecule has 0 radical (unpaired) electrons. The van der Waals surface area contributed by atoms with Crippen LogP contribution in [0.3, 0.4) is 0 Å². The number of rotatable bonds is 5. The summed E-state index contributed by atoms with van der Waals surface area (Å²) in [6.07, 6.45) is 4.91. The fourth-order valence-corrected chi connectivity index (χ4v) is 2.90. The maximum Gasteiger partial charge on any atom is 0.220 e. The van der Waals surface area contributed by atoms with E-state index in [1.165, 1.54) is 12.5 Å². The van der Waals surface area contributed by atoms with Crippen molar-refractivity contribution in [3.05, 3.63) is 47.0 Å². The van der Waals surface area contributed by atoms with E-state index in [-0.39, 0.29) is 12.3 Å². The number of hydrogen-bond donors (Lipinski definition) is 1. The van der Waals surface area contributed by atoms with Crippen LogP contribution in [-0.2, 0) is 30.7 Å². The Hall–Kier alpha value is -2.31. The van der Waals surface area contributed by atoms with Gasteiger partial charge in [0.25, 0.3) is 0 Å². The van der Waals surface area contributed by atoms with Crippen molar-refractivity contribution >= 4 is 5.91 Å². The lowest BCUT2D eigenvalue weighted by atomic mass is 10.1. The Kier molecular flexibility index (Phi) is 5.17. The van der Waals surface area contributed by atoms with Crippen LogP contribution in [0, 0.1) is 11.6 Å². The zero-order chi connectivity index (χ0) is 16.9. The third-order valence-electron chi connectivity index (χ3n) is 4.25. The van der Waals surface area contributed by atoms with Crippen LogP contribution in [0.25, 0.3) is 0 Å². The average Bonchev–Trinajstić information content (AvgIpc) is 2.80. The van der Waals surface area contributed by atoms with Gasteiger partial charge in [-0.1, -0.05) is 12.5 Å². The third kappa shape index (κ3) is 3.96. The molecule has 1 aliphatic rings. The van der Waals surface area contributed by atoms with Crippen LogP contribution in [0.4, 0.5) is 8.78 Å². The number of benzene rings is 1. The second-order valence-corrected chi connectivity index (χ2v) is 6.02. The molecule has 1 amide bonds. The highest BCUT2D eigenvalue weighted by molar-refractivity contribution is 5.76. The predicted molar refractivity (Wildman–Crippen MR) is 84.1 cm³/mol. The van der Waals surface area contributed by atoms with Gasteiger partial charge >= 0.3 is 0 Å². The van der Waals surface area contributed by atoms with Gasteiger partial charge in [-0.05, 0) is 37.0 Å². The molecule has 1 aromatic carbocycles. The SMILES string of the molecule is O=C(CCc1ccc(F)c(F)c1)NCc1nnc2n1CCCCC2. The van der Waals surface area contributed by atoms with E-state index in [0.29, 0.717) is 18.5 Å². The van der Waals surface area contributed by atoms with Gasteiger partial charge in [0.05, 0.1) is 6.54 Å². The summed E-state index contributed by atoms with van der Waals surface area (Å²) in [6.45, 7) is 1.23. The van der Waals surface area contributed by atoms with Crippen LogP contribution in [0.1, 0.15) is 42.9 Å². The van der Waals surface area contributed by atoms with Gasteiger partial charge in [0, 0.05) is 19.4 Å². The molecule has 0 fully saturated rings. The second kappa shape index (κ2) is 7.51. The number of nitrogens with zero attached hydrogens (tertiary/aromatic N) is 3. The lowest BCUT2D eigenvalue weighted by Crippen LogP contribution is -2.25. The molecule has 7 heteroatoms. The van der Waals surface area contributed by atoms with E-state index in [1.54, 1.807) is 0 Å². The molecule has 2 heterocycles. The maximum atomic E-state index is 13.1. The minimum absolute atomic E-state index is 0.147. The second-order valence-electron chi connectivity index (χ2n) is 6.02. The van der Waals surface area contributed by atoms with Gasteiger partial charge in [-0.3, -0.25) is 4.79 Å². The summed E-state index contributed by atoms with van der Waals surface area (Å²) in [6, 6.07) is 3.69. The highest BCUT2D eigenvalue weighted by Gasteiger charge is 2.15. The molecule has 1 N–H and O–H groups in total. The number of carbonyl (C=O) groups excluding carboxylic acids is 1. The first-order valence-corrected chi connectivity index (χ1v) is 8.25. The van der Waals surface area contributed by atoms with E-state index < -0.39 is 11.6 Å². The number of carbonyl (C=O) groups is 1. The highest BCUT2D eigenvalue weighted by Crippen LogP contribution is 2.14. The van der Waals surface area contributed by atoms with E-state index in [0.717, 1.165) is 49.6 Å². The van der Waals surface area contributed by atoms with Gasteiger partial charge < -0.3 is 9.88 Å². The number of halogens is 2. The standard InChI is InChI=1S/C17H20F2N4O/c18-13-7-5-12(10-14(13)19)6-8-17(24)20-11-16-22-21-15-4-2-1-3-9-23(15)16/h5,7,10H,1-4,6,8-9,11H2,(H,20,24). The molecule has 5 nitrogen and oxygen atoms in total. The summed E-state index contributed by atoms with van der Waals surface area (Å²) >= 11 is 0. The number of amides is 1. The van der Waals surface area contributed by atoms with Crippen molar-refractivity contribution in [3.8, 4) is 0 Å². The molecular weight excluding hydrogens is 314 g/mol. The third-order valence-corrected chi connectivity index (χ3v) is 4.25. The Morgan fingerprint density at radius 1 is 1.17 bits per heavy atom. The topological polar surface area (TPSA) is 59.8 Å². The fraction of sp³-hybridized carbons (Fsp3) is 0.471. The normalized spacial score (nSPS) is 14.1. The lowest BCUT2D eigenvalue weighted by Gasteiger charge is -2.08. The minimum atomic E-state index is -0.890. The highest BCUT2D eigenvalue weighted by atomic mass is 19.2. The number of nitrogens with one attached hydrogen (secondary N) is 1. The molecular formula is C17H20F2N4O. The maximum absolute atomic E-state index is 13.1. The molecule has 0 bridgehead atoms. The van der Waals surface area contributed by atoms with Crippen LogP contribution < -0.4 is 5.32 Å². The average molecular weight is 334 g/mol. The quantitative estimate of drug-likeness (QED) is 0.914. The van der Waals surface area contributed by atoms with Crippen LogP contribution >= 0.6 is 0 Å². The van der Waals surface area contributed by atoms with Crippen LogP contribution in [-0.4, -0.2) is 20.7 Å². The molecule has 1 aromatic heterocycles. The van der Waals surface area contributed by atoms with Gasteiger partial charge in [-0.15, -0.1) is 10.2 Å². The number of hydrogen-bond acceptors (Lipinski definition) is 3. The van der Waals surface area contributed by atoms with E-state index in [2.05, 4.69) is 20.1 Å². The number of aryl methyl sites for hydroxylation is 2. The zero-order valence-corrected chi connectivity index (χ0v) is 13.4. The molecule has 24 heavy (non-hydrogen) atoms. The van der Waals surface area contributed by atoms with Crippen molar-refractivity contribution < 1.29 is 13.6 Å². The van der Waals surface area contributed by atoms with Crippen molar-refractivity contribution in [1.82, 2.24) is 20.1 Å². The van der Waals surface area contributed by atoms with Gasteiger partial charge in [0.1, 0.15) is 5.82 Å². The first kappa shape index (κ1) is 16.5. The summed E-state index contributed by atoms with van der Waals surface area (Å²) in [5, 5.41) is 11.2. The summed E-state index contributed by atoms with van der Waals surface area (Å²) in [5.74, 6) is -0.160. The smallest absolute Gasteiger partial charge is 0.220 e. The predicted octanol–water partition coefficient (Wildman–Crippen LogP) is 2.53. The monoisotopic (exact) mass is 334 g/mol. The van der Waals surface area contributed by atoms with Crippen LogP contribution in [0.15, 0.2) is 18.2 Å². The van der Waals surface area contributed by atoms with Gasteiger partial charge in [0.15, 0.2) is 17.5 Å². The Morgan fingerprint density at radius 3 is 2.88 bits per heavy atom. The number of fused-ring (bicyclic) bond motifs is 1. The molecule has 3 rings (SSSR count). The Balaban J connectivity index is 1.51. The van der Waals surface area contributed by atoms with Gasteiger partial charge in [0.2, 0.25) is 5.91 Å². The van der Waals surface area contributed by atoms with Crippen LogP contribution in [0.2, 0.25) is 0 Å². The van der Waals surface area contributed by atoms with Crippen molar-refractivity contribution in [2.75, 3.05) is 0 Å².